The van der Waals surface area contributed by atoms with Crippen molar-refractivity contribution >= 4 is 39.0 Å². The number of hydrogen-bond donors (Lipinski definition) is 1. The summed E-state index contributed by atoms with van der Waals surface area (Å²) in [5.74, 6) is 0. The van der Waals surface area contributed by atoms with Gasteiger partial charge in [-0.15, -0.1) is 23.1 Å². The highest BCUT2D eigenvalue weighted by Crippen LogP contribution is 2.42. The van der Waals surface area contributed by atoms with Crippen LogP contribution in [-0.4, -0.2) is 6.04 Å². The maximum atomic E-state index is 6.30. The maximum absolute atomic E-state index is 6.30. The standard InChI is InChI=1S/C14H16BrNS2/c1-2-12(16)14(18-13-8-5-9-17-13)10-6-3-4-7-11(10)15/h3-9,12,14H,2,16H2,1H3. The predicted octanol–water partition coefficient (Wildman–Crippen LogP) is 5.08. The van der Waals surface area contributed by atoms with Crippen LogP contribution in [0.2, 0.25) is 0 Å². The zero-order valence-corrected chi connectivity index (χ0v) is 13.4. The molecule has 2 rings (SSSR count). The molecule has 0 radical (unpaired) electrons. The minimum atomic E-state index is 0.163. The molecule has 0 saturated heterocycles. The van der Waals surface area contributed by atoms with Crippen molar-refractivity contribution in [3.8, 4) is 0 Å². The van der Waals surface area contributed by atoms with Crippen LogP contribution in [0.25, 0.3) is 0 Å². The number of benzene rings is 1. The first-order chi connectivity index (χ1) is 8.72. The van der Waals surface area contributed by atoms with E-state index in [-0.39, 0.29) is 6.04 Å². The second kappa shape index (κ2) is 6.75. The van der Waals surface area contributed by atoms with E-state index in [4.69, 9.17) is 5.73 Å². The third-order valence-corrected chi connectivity index (χ3v) is 6.00. The van der Waals surface area contributed by atoms with Crippen molar-refractivity contribution < 1.29 is 0 Å². The van der Waals surface area contributed by atoms with Gasteiger partial charge in [0.15, 0.2) is 0 Å². The molecule has 18 heavy (non-hydrogen) atoms. The van der Waals surface area contributed by atoms with Crippen molar-refractivity contribution in [3.63, 3.8) is 0 Å². The first-order valence-electron chi connectivity index (χ1n) is 5.92. The second-order valence-corrected chi connectivity index (χ2v) is 7.31. The van der Waals surface area contributed by atoms with Crippen LogP contribution in [0.5, 0.6) is 0 Å². The molecule has 96 valence electrons. The smallest absolute Gasteiger partial charge is 0.0605 e. The highest BCUT2D eigenvalue weighted by Gasteiger charge is 2.22. The van der Waals surface area contributed by atoms with Gasteiger partial charge < -0.3 is 5.73 Å². The summed E-state index contributed by atoms with van der Waals surface area (Å²) in [5.41, 5.74) is 7.58. The average molecular weight is 342 g/mol. The molecule has 1 aromatic carbocycles. The third kappa shape index (κ3) is 3.38. The zero-order chi connectivity index (χ0) is 13.0. The van der Waals surface area contributed by atoms with Crippen LogP contribution < -0.4 is 5.73 Å². The molecule has 2 atom stereocenters. The molecular formula is C14H16BrNS2. The molecule has 0 bridgehead atoms. The van der Waals surface area contributed by atoms with Crippen LogP contribution in [0.3, 0.4) is 0 Å². The van der Waals surface area contributed by atoms with Crippen LogP contribution >= 0.6 is 39.0 Å². The molecular weight excluding hydrogens is 326 g/mol. The minimum Gasteiger partial charge on any atom is -0.326 e. The van der Waals surface area contributed by atoms with Gasteiger partial charge in [0.25, 0.3) is 0 Å². The summed E-state index contributed by atoms with van der Waals surface area (Å²) in [7, 11) is 0. The molecule has 0 saturated carbocycles. The number of rotatable bonds is 5. The van der Waals surface area contributed by atoms with Crippen molar-refractivity contribution in [2.24, 2.45) is 5.73 Å². The molecule has 0 aliphatic heterocycles. The molecule has 1 nitrogen and oxygen atoms in total. The van der Waals surface area contributed by atoms with Gasteiger partial charge in [-0.25, -0.2) is 0 Å². The molecule has 0 aliphatic carbocycles. The molecule has 0 aliphatic rings. The molecule has 4 heteroatoms. The summed E-state index contributed by atoms with van der Waals surface area (Å²) in [6.45, 7) is 2.14. The molecule has 2 unspecified atom stereocenters. The number of hydrogen-bond acceptors (Lipinski definition) is 3. The molecule has 0 fully saturated rings. The Labute approximate surface area is 125 Å². The van der Waals surface area contributed by atoms with E-state index in [0.717, 1.165) is 10.9 Å². The quantitative estimate of drug-likeness (QED) is 0.767. The Kier molecular flexibility index (Phi) is 5.30. The maximum Gasteiger partial charge on any atom is 0.0605 e. The SMILES string of the molecule is CCC(N)C(Sc1cccs1)c1ccccc1Br. The van der Waals surface area contributed by atoms with E-state index >= 15 is 0 Å². The lowest BCUT2D eigenvalue weighted by molar-refractivity contribution is 0.633. The monoisotopic (exact) mass is 341 g/mol. The lowest BCUT2D eigenvalue weighted by atomic mass is 10.0. The van der Waals surface area contributed by atoms with E-state index in [9.17, 15) is 0 Å². The largest absolute Gasteiger partial charge is 0.326 e. The van der Waals surface area contributed by atoms with E-state index in [1.165, 1.54) is 9.77 Å². The van der Waals surface area contributed by atoms with E-state index < -0.39 is 0 Å². The van der Waals surface area contributed by atoms with Gasteiger partial charge in [0, 0.05) is 10.5 Å². The fraction of sp³-hybridized carbons (Fsp3) is 0.286. The molecule has 2 aromatic rings. The van der Waals surface area contributed by atoms with Crippen molar-refractivity contribution in [1.82, 2.24) is 0 Å². The molecule has 0 spiro atoms. The topological polar surface area (TPSA) is 26.0 Å². The Balaban J connectivity index is 2.28. The van der Waals surface area contributed by atoms with Gasteiger partial charge in [-0.3, -0.25) is 0 Å². The number of thioether (sulfide) groups is 1. The number of halogens is 1. The van der Waals surface area contributed by atoms with Crippen LogP contribution in [0.4, 0.5) is 0 Å². The molecule has 1 aromatic heterocycles. The Hall–Kier alpha value is -0.290. The van der Waals surface area contributed by atoms with Crippen molar-refractivity contribution in [2.75, 3.05) is 0 Å². The predicted molar refractivity (Wildman–Crippen MR) is 85.3 cm³/mol. The highest BCUT2D eigenvalue weighted by molar-refractivity contribution is 9.10. The van der Waals surface area contributed by atoms with Crippen LogP contribution in [0.1, 0.15) is 24.2 Å². The fourth-order valence-corrected chi connectivity index (χ4v) is 4.70. The van der Waals surface area contributed by atoms with Gasteiger partial charge in [-0.05, 0) is 29.5 Å². The normalized spacial score (nSPS) is 14.4. The molecule has 1 heterocycles. The lowest BCUT2D eigenvalue weighted by Crippen LogP contribution is -2.25. The Morgan fingerprint density at radius 2 is 2.06 bits per heavy atom. The van der Waals surface area contributed by atoms with Crippen molar-refractivity contribution in [3.05, 3.63) is 51.8 Å². The first kappa shape index (κ1) is 14.1. The summed E-state index contributed by atoms with van der Waals surface area (Å²) < 4.78 is 2.46. The third-order valence-electron chi connectivity index (χ3n) is 2.81. The Bertz CT molecular complexity index is 484. The van der Waals surface area contributed by atoms with Gasteiger partial charge in [-0.2, -0.15) is 0 Å². The second-order valence-electron chi connectivity index (χ2n) is 4.06. The van der Waals surface area contributed by atoms with Crippen LogP contribution in [-0.2, 0) is 0 Å². The van der Waals surface area contributed by atoms with E-state index in [0.29, 0.717) is 5.25 Å². The number of nitrogens with two attached hydrogens (primary N) is 1. The van der Waals surface area contributed by atoms with E-state index in [1.807, 2.05) is 17.8 Å². The van der Waals surface area contributed by atoms with Crippen LogP contribution in [0, 0.1) is 0 Å². The summed E-state index contributed by atoms with van der Waals surface area (Å²) in [5, 5.41) is 2.40. The summed E-state index contributed by atoms with van der Waals surface area (Å²) in [6, 6.07) is 12.8. The van der Waals surface area contributed by atoms with Crippen molar-refractivity contribution in [1.29, 1.82) is 0 Å². The minimum absolute atomic E-state index is 0.163. The summed E-state index contributed by atoms with van der Waals surface area (Å²) in [6.07, 6.45) is 0.977. The highest BCUT2D eigenvalue weighted by atomic mass is 79.9. The van der Waals surface area contributed by atoms with Gasteiger partial charge in [0.1, 0.15) is 0 Å². The summed E-state index contributed by atoms with van der Waals surface area (Å²) in [4.78, 5) is 0. The van der Waals surface area contributed by atoms with E-state index in [2.05, 4.69) is 58.6 Å². The van der Waals surface area contributed by atoms with Gasteiger partial charge in [0.2, 0.25) is 0 Å². The Morgan fingerprint density at radius 1 is 1.28 bits per heavy atom. The summed E-state index contributed by atoms with van der Waals surface area (Å²) >= 11 is 7.26. The van der Waals surface area contributed by atoms with Gasteiger partial charge in [0.05, 0.1) is 9.46 Å². The lowest BCUT2D eigenvalue weighted by Gasteiger charge is -2.23. The molecule has 2 N–H and O–H groups in total. The zero-order valence-electron chi connectivity index (χ0n) is 10.2. The van der Waals surface area contributed by atoms with Crippen LogP contribution in [0.15, 0.2) is 50.5 Å². The average Bonchev–Trinajstić information content (AvgIpc) is 2.89. The first-order valence-corrected chi connectivity index (χ1v) is 8.47. The Morgan fingerprint density at radius 3 is 2.67 bits per heavy atom. The van der Waals surface area contributed by atoms with E-state index in [1.54, 1.807) is 11.3 Å². The molecule has 0 amide bonds. The number of thiophene rings is 1. The van der Waals surface area contributed by atoms with Gasteiger partial charge in [-0.1, -0.05) is 47.1 Å². The van der Waals surface area contributed by atoms with Gasteiger partial charge >= 0.3 is 0 Å². The van der Waals surface area contributed by atoms with Crippen molar-refractivity contribution in [2.45, 2.75) is 28.8 Å². The fourth-order valence-electron chi connectivity index (χ4n) is 1.76.